The lowest BCUT2D eigenvalue weighted by Crippen LogP contribution is -2.16. The molecule has 1 aromatic carbocycles. The van der Waals surface area contributed by atoms with Crippen LogP contribution in [0.4, 0.5) is 5.69 Å². The van der Waals surface area contributed by atoms with E-state index in [0.717, 1.165) is 42.1 Å². The Morgan fingerprint density at radius 1 is 1.24 bits per heavy atom. The van der Waals surface area contributed by atoms with Gasteiger partial charge in [0, 0.05) is 42.4 Å². The molecule has 6 heteroatoms. The van der Waals surface area contributed by atoms with E-state index in [4.69, 9.17) is 0 Å². The first-order valence-corrected chi connectivity index (χ1v) is 8.70. The van der Waals surface area contributed by atoms with E-state index in [1.165, 1.54) is 11.3 Å². The van der Waals surface area contributed by atoms with E-state index in [0.29, 0.717) is 0 Å². The second kappa shape index (κ2) is 7.01. The second-order valence-electron chi connectivity index (χ2n) is 6.18. The van der Waals surface area contributed by atoms with Crippen LogP contribution in [0.5, 0.6) is 0 Å². The number of imidazole rings is 1. The Balaban J connectivity index is 1.86. The smallest absolute Gasteiger partial charge is 0.330 e. The van der Waals surface area contributed by atoms with Crippen molar-refractivity contribution in [3.05, 3.63) is 63.6 Å². The van der Waals surface area contributed by atoms with Crippen LogP contribution in [0.25, 0.3) is 5.69 Å². The highest BCUT2D eigenvalue weighted by molar-refractivity contribution is 5.52. The zero-order valence-corrected chi connectivity index (χ0v) is 15.3. The van der Waals surface area contributed by atoms with Crippen LogP contribution in [0, 0.1) is 6.92 Å². The molecule has 0 aliphatic heterocycles. The number of H-pyrrole nitrogens is 1. The molecule has 0 fully saturated rings. The van der Waals surface area contributed by atoms with Crippen molar-refractivity contribution in [3.8, 4) is 5.69 Å². The summed E-state index contributed by atoms with van der Waals surface area (Å²) in [6, 6.07) is 7.91. The number of nitrogens with zero attached hydrogens (tertiary/aromatic N) is 3. The fourth-order valence-corrected chi connectivity index (χ4v) is 3.32. The molecule has 0 aliphatic rings. The lowest BCUT2D eigenvalue weighted by molar-refractivity contribution is 0.703. The minimum atomic E-state index is -0.122. The first-order chi connectivity index (χ1) is 12.0. The summed E-state index contributed by atoms with van der Waals surface area (Å²) in [5, 5.41) is 8.11. The molecule has 0 saturated carbocycles. The largest absolute Gasteiger partial charge is 0.381 e. The third-order valence-electron chi connectivity index (χ3n) is 4.56. The highest BCUT2D eigenvalue weighted by Crippen LogP contribution is 2.19. The number of anilines is 1. The molecule has 6 nitrogen and oxygen atoms in total. The third-order valence-corrected chi connectivity index (χ3v) is 4.56. The molecular weight excluding hydrogens is 314 g/mol. The molecule has 0 unspecified atom stereocenters. The van der Waals surface area contributed by atoms with E-state index in [2.05, 4.69) is 29.2 Å². The van der Waals surface area contributed by atoms with Gasteiger partial charge in [-0.25, -0.2) is 4.79 Å². The van der Waals surface area contributed by atoms with Gasteiger partial charge in [0.1, 0.15) is 0 Å². The molecule has 0 amide bonds. The third kappa shape index (κ3) is 3.24. The van der Waals surface area contributed by atoms with Crippen molar-refractivity contribution in [3.63, 3.8) is 0 Å². The molecule has 25 heavy (non-hydrogen) atoms. The van der Waals surface area contributed by atoms with Gasteiger partial charge in [-0.05, 0) is 38.0 Å². The predicted octanol–water partition coefficient (Wildman–Crippen LogP) is 2.94. The number of nitrogens with one attached hydrogen (secondary N) is 2. The monoisotopic (exact) mass is 339 g/mol. The zero-order valence-electron chi connectivity index (χ0n) is 15.3. The van der Waals surface area contributed by atoms with Gasteiger partial charge in [0.15, 0.2) is 0 Å². The van der Waals surface area contributed by atoms with Crippen LogP contribution in [0.2, 0.25) is 0 Å². The Bertz CT molecular complexity index is 932. The Hall–Kier alpha value is -2.76. The Morgan fingerprint density at radius 2 is 2.04 bits per heavy atom. The second-order valence-corrected chi connectivity index (χ2v) is 6.18. The lowest BCUT2D eigenvalue weighted by Gasteiger charge is -2.11. The van der Waals surface area contributed by atoms with E-state index in [-0.39, 0.29) is 5.69 Å². The molecule has 2 N–H and O–H groups in total. The summed E-state index contributed by atoms with van der Waals surface area (Å²) in [5.41, 5.74) is 6.27. The van der Waals surface area contributed by atoms with Crippen LogP contribution >= 0.6 is 0 Å². The van der Waals surface area contributed by atoms with Gasteiger partial charge >= 0.3 is 5.69 Å². The van der Waals surface area contributed by atoms with E-state index in [9.17, 15) is 4.79 Å². The van der Waals surface area contributed by atoms with Crippen LogP contribution < -0.4 is 11.0 Å². The summed E-state index contributed by atoms with van der Waals surface area (Å²) in [4.78, 5) is 14.7. The van der Waals surface area contributed by atoms with E-state index in [1.807, 2.05) is 42.9 Å². The summed E-state index contributed by atoms with van der Waals surface area (Å²) in [6.45, 7) is 6.92. The molecule has 0 radical (unpaired) electrons. The number of benzene rings is 1. The van der Waals surface area contributed by atoms with Crippen LogP contribution in [-0.2, 0) is 26.4 Å². The van der Waals surface area contributed by atoms with Gasteiger partial charge in [0.2, 0.25) is 0 Å². The maximum absolute atomic E-state index is 12.0. The van der Waals surface area contributed by atoms with Crippen LogP contribution in [0.3, 0.4) is 0 Å². The Labute approximate surface area is 147 Å². The molecular formula is C19H25N5O. The first-order valence-electron chi connectivity index (χ1n) is 8.70. The summed E-state index contributed by atoms with van der Waals surface area (Å²) < 4.78 is 3.65. The Morgan fingerprint density at radius 3 is 2.68 bits per heavy atom. The fourth-order valence-electron chi connectivity index (χ4n) is 3.32. The average molecular weight is 339 g/mol. The number of aromatic nitrogens is 4. The summed E-state index contributed by atoms with van der Waals surface area (Å²) in [6.07, 6.45) is 3.60. The molecule has 132 valence electrons. The van der Waals surface area contributed by atoms with Gasteiger partial charge in [-0.2, -0.15) is 5.10 Å². The van der Waals surface area contributed by atoms with E-state index < -0.39 is 0 Å². The highest BCUT2D eigenvalue weighted by Gasteiger charge is 2.13. The summed E-state index contributed by atoms with van der Waals surface area (Å²) in [7, 11) is 2.00. The van der Waals surface area contributed by atoms with Crippen molar-refractivity contribution in [1.29, 1.82) is 0 Å². The van der Waals surface area contributed by atoms with Crippen molar-refractivity contribution < 1.29 is 0 Å². The standard InChI is InChI=1S/C19H25N5O/c1-5-17-16(18(6-2)23(4)22-17)12-20-14-8-7-9-15(10-14)24-13(3)11-21-19(24)25/h7-11,20H,5-6,12H2,1-4H3,(H,21,25). The molecule has 0 aliphatic carbocycles. The summed E-state index contributed by atoms with van der Waals surface area (Å²) >= 11 is 0. The maximum Gasteiger partial charge on any atom is 0.330 e. The molecule has 0 atom stereocenters. The molecule has 2 aromatic heterocycles. The van der Waals surface area contributed by atoms with E-state index in [1.54, 1.807) is 10.8 Å². The average Bonchev–Trinajstić information content (AvgIpc) is 3.11. The van der Waals surface area contributed by atoms with Gasteiger partial charge < -0.3 is 10.3 Å². The topological polar surface area (TPSA) is 67.6 Å². The van der Waals surface area contributed by atoms with Gasteiger partial charge in [-0.15, -0.1) is 0 Å². The normalized spacial score (nSPS) is 11.0. The SMILES string of the molecule is CCc1nn(C)c(CC)c1CNc1cccc(-n2c(C)c[nH]c2=O)c1. The van der Waals surface area contributed by atoms with Crippen LogP contribution in [0.15, 0.2) is 35.3 Å². The van der Waals surface area contributed by atoms with Crippen LogP contribution in [0.1, 0.15) is 36.5 Å². The number of rotatable bonds is 6. The fraction of sp³-hybridized carbons (Fsp3) is 0.368. The molecule has 3 aromatic rings. The molecule has 2 heterocycles. The quantitative estimate of drug-likeness (QED) is 0.725. The molecule has 0 saturated heterocycles. The number of aromatic amines is 1. The molecule has 3 rings (SSSR count). The number of hydrogen-bond acceptors (Lipinski definition) is 3. The lowest BCUT2D eigenvalue weighted by atomic mass is 10.1. The zero-order chi connectivity index (χ0) is 18.0. The highest BCUT2D eigenvalue weighted by atomic mass is 16.1. The van der Waals surface area contributed by atoms with Gasteiger partial charge in [0.25, 0.3) is 0 Å². The van der Waals surface area contributed by atoms with Crippen molar-refractivity contribution in [2.45, 2.75) is 40.2 Å². The van der Waals surface area contributed by atoms with Crippen molar-refractivity contribution in [1.82, 2.24) is 19.3 Å². The van der Waals surface area contributed by atoms with Gasteiger partial charge in [-0.1, -0.05) is 19.9 Å². The predicted molar refractivity (Wildman–Crippen MR) is 100 cm³/mol. The minimum absolute atomic E-state index is 0.122. The van der Waals surface area contributed by atoms with Crippen LogP contribution in [-0.4, -0.2) is 19.3 Å². The first kappa shape index (κ1) is 17.1. The Kier molecular flexibility index (Phi) is 4.79. The van der Waals surface area contributed by atoms with Gasteiger partial charge in [-0.3, -0.25) is 9.25 Å². The van der Waals surface area contributed by atoms with Crippen molar-refractivity contribution in [2.75, 3.05) is 5.32 Å². The van der Waals surface area contributed by atoms with Gasteiger partial charge in [0.05, 0.1) is 11.4 Å². The molecule has 0 spiro atoms. The van der Waals surface area contributed by atoms with E-state index >= 15 is 0 Å². The van der Waals surface area contributed by atoms with Crippen molar-refractivity contribution >= 4 is 5.69 Å². The minimum Gasteiger partial charge on any atom is -0.381 e. The molecule has 0 bridgehead atoms. The van der Waals surface area contributed by atoms with Crippen molar-refractivity contribution in [2.24, 2.45) is 7.05 Å². The number of aryl methyl sites for hydroxylation is 3. The summed E-state index contributed by atoms with van der Waals surface area (Å²) in [5.74, 6) is 0. The maximum atomic E-state index is 12.0. The number of hydrogen-bond donors (Lipinski definition) is 2.